The predicted octanol–water partition coefficient (Wildman–Crippen LogP) is 3.16. The molecule has 0 unspecified atom stereocenters. The summed E-state index contributed by atoms with van der Waals surface area (Å²) in [4.78, 5) is 18.3. The lowest BCUT2D eigenvalue weighted by molar-refractivity contribution is -0.109. The zero-order valence-corrected chi connectivity index (χ0v) is 10.7. The minimum atomic E-state index is 0.147. The van der Waals surface area contributed by atoms with Crippen LogP contribution in [0, 0.1) is 6.92 Å². The molecule has 2 aromatic rings. The Labute approximate surface area is 104 Å². The summed E-state index contributed by atoms with van der Waals surface area (Å²) in [5.74, 6) is 1.64. The van der Waals surface area contributed by atoms with E-state index in [1.807, 2.05) is 31.2 Å². The number of carbonyl (C=O) groups is 1. The summed E-state index contributed by atoms with van der Waals surface area (Å²) >= 11 is 1.31. The molecule has 0 saturated heterocycles. The molecule has 0 aliphatic carbocycles. The molecule has 1 heterocycles. The molecular formula is C13H14N2OS. The normalized spacial score (nSPS) is 11.4. The van der Waals surface area contributed by atoms with Crippen molar-refractivity contribution < 1.29 is 4.79 Å². The van der Waals surface area contributed by atoms with Gasteiger partial charge in [-0.1, -0.05) is 30.0 Å². The van der Waals surface area contributed by atoms with Gasteiger partial charge in [-0.3, -0.25) is 4.79 Å². The van der Waals surface area contributed by atoms with Gasteiger partial charge in [-0.15, -0.1) is 0 Å². The summed E-state index contributed by atoms with van der Waals surface area (Å²) in [5.41, 5.74) is 3.15. The number of hydrogen-bond acceptors (Lipinski definition) is 3. The lowest BCUT2D eigenvalue weighted by Gasteiger charge is -1.93. The fourth-order valence-corrected chi connectivity index (χ4v) is 2.04. The summed E-state index contributed by atoms with van der Waals surface area (Å²) in [6.07, 6.45) is 4.02. The molecule has 0 radical (unpaired) electrons. The zero-order chi connectivity index (χ0) is 12.3. The second kappa shape index (κ2) is 5.19. The highest BCUT2D eigenvalue weighted by Gasteiger charge is 1.98. The number of carbonyl (C=O) groups excluding carboxylic acids is 1. The number of nitrogens with zero attached hydrogens (tertiary/aromatic N) is 1. The van der Waals surface area contributed by atoms with Crippen LogP contribution in [0.4, 0.5) is 0 Å². The Balaban J connectivity index is 2.10. The van der Waals surface area contributed by atoms with Crippen molar-refractivity contribution in [2.24, 2.45) is 0 Å². The Morgan fingerprint density at radius 1 is 1.53 bits per heavy atom. The molecule has 0 saturated carbocycles. The smallest absolute Gasteiger partial charge is 0.186 e. The van der Waals surface area contributed by atoms with Crippen molar-refractivity contribution in [3.8, 4) is 0 Å². The summed E-state index contributed by atoms with van der Waals surface area (Å²) in [6.45, 7) is 3.52. The van der Waals surface area contributed by atoms with Crippen LogP contribution in [0.15, 0.2) is 24.3 Å². The van der Waals surface area contributed by atoms with Crippen LogP contribution in [0.5, 0.6) is 0 Å². The maximum Gasteiger partial charge on any atom is 0.186 e. The van der Waals surface area contributed by atoms with Crippen LogP contribution in [0.2, 0.25) is 0 Å². The number of imidazole rings is 1. The van der Waals surface area contributed by atoms with E-state index in [9.17, 15) is 4.79 Å². The van der Waals surface area contributed by atoms with Crippen molar-refractivity contribution in [3.63, 3.8) is 0 Å². The standard InChI is InChI=1S/C13H14N2OS/c1-9-14-12-6-5-11(8-13(12)15-9)4-3-7-17-10(2)16/h3-6,8H,7H2,1-2H3,(H,14,15). The fraction of sp³-hybridized carbons (Fsp3) is 0.231. The number of thioether (sulfide) groups is 1. The Hall–Kier alpha value is -1.55. The van der Waals surface area contributed by atoms with Gasteiger partial charge in [0, 0.05) is 12.7 Å². The molecule has 0 aliphatic heterocycles. The Morgan fingerprint density at radius 2 is 2.35 bits per heavy atom. The first-order valence-corrected chi connectivity index (χ1v) is 6.40. The van der Waals surface area contributed by atoms with Crippen LogP contribution in [-0.4, -0.2) is 20.8 Å². The molecule has 0 amide bonds. The molecular weight excluding hydrogens is 232 g/mol. The second-order valence-corrected chi connectivity index (χ2v) is 5.00. The van der Waals surface area contributed by atoms with Gasteiger partial charge in [0.15, 0.2) is 5.12 Å². The molecule has 1 aromatic carbocycles. The molecule has 1 aromatic heterocycles. The second-order valence-electron chi connectivity index (χ2n) is 3.80. The van der Waals surface area contributed by atoms with Crippen LogP contribution in [-0.2, 0) is 4.79 Å². The molecule has 3 nitrogen and oxygen atoms in total. The number of benzene rings is 1. The average molecular weight is 246 g/mol. The van der Waals surface area contributed by atoms with Gasteiger partial charge in [-0.25, -0.2) is 4.98 Å². The predicted molar refractivity (Wildman–Crippen MR) is 73.0 cm³/mol. The van der Waals surface area contributed by atoms with Crippen LogP contribution in [0.1, 0.15) is 18.3 Å². The SMILES string of the molecule is CC(=O)SCC=Cc1ccc2nc(C)[nH]c2c1. The highest BCUT2D eigenvalue weighted by molar-refractivity contribution is 8.13. The summed E-state index contributed by atoms with van der Waals surface area (Å²) in [6, 6.07) is 6.08. The number of aryl methyl sites for hydroxylation is 1. The molecule has 1 N–H and O–H groups in total. The van der Waals surface area contributed by atoms with Gasteiger partial charge in [-0.05, 0) is 24.6 Å². The third kappa shape index (κ3) is 3.20. The van der Waals surface area contributed by atoms with E-state index in [4.69, 9.17) is 0 Å². The Morgan fingerprint density at radius 3 is 3.12 bits per heavy atom. The van der Waals surface area contributed by atoms with Crippen LogP contribution in [0.25, 0.3) is 17.1 Å². The summed E-state index contributed by atoms with van der Waals surface area (Å²) in [7, 11) is 0. The van der Waals surface area contributed by atoms with E-state index >= 15 is 0 Å². The van der Waals surface area contributed by atoms with E-state index < -0.39 is 0 Å². The molecule has 17 heavy (non-hydrogen) atoms. The van der Waals surface area contributed by atoms with E-state index in [0.29, 0.717) is 0 Å². The fourth-order valence-electron chi connectivity index (χ4n) is 1.61. The molecule has 4 heteroatoms. The first kappa shape index (κ1) is 11.9. The first-order chi connectivity index (χ1) is 8.15. The molecule has 88 valence electrons. The maximum atomic E-state index is 10.7. The number of hydrogen-bond donors (Lipinski definition) is 1. The Bertz CT molecular complexity index is 572. The molecule has 0 bridgehead atoms. The van der Waals surface area contributed by atoms with Gasteiger partial charge in [0.25, 0.3) is 0 Å². The van der Waals surface area contributed by atoms with E-state index in [0.717, 1.165) is 28.2 Å². The highest BCUT2D eigenvalue weighted by Crippen LogP contribution is 2.14. The van der Waals surface area contributed by atoms with Gasteiger partial charge in [0.2, 0.25) is 0 Å². The number of nitrogens with one attached hydrogen (secondary N) is 1. The highest BCUT2D eigenvalue weighted by atomic mass is 32.2. The minimum absolute atomic E-state index is 0.147. The lowest BCUT2D eigenvalue weighted by Crippen LogP contribution is -1.81. The number of H-pyrrole nitrogens is 1. The lowest BCUT2D eigenvalue weighted by atomic mass is 10.2. The number of fused-ring (bicyclic) bond motifs is 1. The van der Waals surface area contributed by atoms with Crippen molar-refractivity contribution in [1.29, 1.82) is 0 Å². The van der Waals surface area contributed by atoms with Crippen molar-refractivity contribution in [2.75, 3.05) is 5.75 Å². The molecule has 0 aliphatic rings. The van der Waals surface area contributed by atoms with Crippen molar-refractivity contribution in [2.45, 2.75) is 13.8 Å². The molecule has 2 rings (SSSR count). The number of rotatable bonds is 3. The molecule has 0 spiro atoms. The largest absolute Gasteiger partial charge is 0.342 e. The van der Waals surface area contributed by atoms with Crippen molar-refractivity contribution in [3.05, 3.63) is 35.7 Å². The van der Waals surface area contributed by atoms with E-state index in [1.54, 1.807) is 6.92 Å². The Kier molecular flexibility index (Phi) is 3.64. The van der Waals surface area contributed by atoms with Gasteiger partial charge in [0.05, 0.1) is 11.0 Å². The third-order valence-corrected chi connectivity index (χ3v) is 3.08. The topological polar surface area (TPSA) is 45.8 Å². The van der Waals surface area contributed by atoms with E-state index in [-0.39, 0.29) is 5.12 Å². The van der Waals surface area contributed by atoms with Crippen molar-refractivity contribution >= 4 is 34.0 Å². The van der Waals surface area contributed by atoms with Crippen molar-refractivity contribution in [1.82, 2.24) is 9.97 Å². The monoisotopic (exact) mass is 246 g/mol. The zero-order valence-electron chi connectivity index (χ0n) is 9.86. The average Bonchev–Trinajstić information content (AvgIpc) is 2.63. The minimum Gasteiger partial charge on any atom is -0.342 e. The molecule has 0 fully saturated rings. The van der Waals surface area contributed by atoms with Gasteiger partial charge < -0.3 is 4.98 Å². The van der Waals surface area contributed by atoms with Gasteiger partial charge >= 0.3 is 0 Å². The number of aromatic nitrogens is 2. The third-order valence-electron chi connectivity index (χ3n) is 2.32. The van der Waals surface area contributed by atoms with Crippen LogP contribution < -0.4 is 0 Å². The van der Waals surface area contributed by atoms with Gasteiger partial charge in [0.1, 0.15) is 5.82 Å². The van der Waals surface area contributed by atoms with Crippen LogP contribution in [0.3, 0.4) is 0 Å². The summed E-state index contributed by atoms with van der Waals surface area (Å²) < 4.78 is 0. The quantitative estimate of drug-likeness (QED) is 0.904. The van der Waals surface area contributed by atoms with E-state index in [1.165, 1.54) is 11.8 Å². The first-order valence-electron chi connectivity index (χ1n) is 5.41. The number of aromatic amines is 1. The summed E-state index contributed by atoms with van der Waals surface area (Å²) in [5, 5.41) is 0.147. The molecule has 0 atom stereocenters. The van der Waals surface area contributed by atoms with Crippen LogP contribution >= 0.6 is 11.8 Å². The van der Waals surface area contributed by atoms with Gasteiger partial charge in [-0.2, -0.15) is 0 Å². The van der Waals surface area contributed by atoms with E-state index in [2.05, 4.69) is 16.0 Å². The maximum absolute atomic E-state index is 10.7.